The molecule has 0 bridgehead atoms. The van der Waals surface area contributed by atoms with Gasteiger partial charge in [0.05, 0.1) is 13.7 Å². The maximum absolute atomic E-state index is 11.8. The topological polar surface area (TPSA) is 42.0 Å². The molecule has 1 unspecified atom stereocenters. The third kappa shape index (κ3) is 3.88. The molecular weight excluding hydrogens is 268 g/mol. The van der Waals surface area contributed by atoms with E-state index in [0.717, 1.165) is 37.6 Å². The van der Waals surface area contributed by atoms with Crippen molar-refractivity contribution in [2.24, 2.45) is 0 Å². The molecule has 1 fully saturated rings. The van der Waals surface area contributed by atoms with Gasteiger partial charge < -0.3 is 14.4 Å². The highest BCUT2D eigenvalue weighted by Crippen LogP contribution is 2.22. The first-order chi connectivity index (χ1) is 10.2. The quantitative estimate of drug-likeness (QED) is 0.774. The van der Waals surface area contributed by atoms with Crippen LogP contribution >= 0.6 is 0 Å². The second kappa shape index (κ2) is 7.31. The van der Waals surface area contributed by atoms with Crippen molar-refractivity contribution in [1.29, 1.82) is 0 Å². The van der Waals surface area contributed by atoms with Gasteiger partial charge in [0.25, 0.3) is 0 Å². The van der Waals surface area contributed by atoms with Gasteiger partial charge in [0, 0.05) is 37.9 Å². The number of hydrogen-bond donors (Lipinski definition) is 0. The Morgan fingerprint density at radius 1 is 1.29 bits per heavy atom. The van der Waals surface area contributed by atoms with E-state index in [4.69, 9.17) is 9.47 Å². The van der Waals surface area contributed by atoms with Crippen LogP contribution in [0.2, 0.25) is 0 Å². The number of rotatable bonds is 5. The maximum atomic E-state index is 11.8. The van der Waals surface area contributed by atoms with Crippen LogP contribution in [0, 0.1) is 0 Å². The number of hydrogen-bond acceptors (Lipinski definition) is 5. The van der Waals surface area contributed by atoms with Gasteiger partial charge in [-0.1, -0.05) is 6.07 Å². The fraction of sp³-hybridized carbons (Fsp3) is 0.562. The first-order valence-corrected chi connectivity index (χ1v) is 7.45. The number of ether oxygens (including phenoxy) is 2. The Morgan fingerprint density at radius 3 is 2.62 bits per heavy atom. The van der Waals surface area contributed by atoms with E-state index in [0.29, 0.717) is 6.61 Å². The number of carbonyl (C=O) groups is 1. The van der Waals surface area contributed by atoms with Gasteiger partial charge in [-0.2, -0.15) is 0 Å². The lowest BCUT2D eigenvalue weighted by Gasteiger charge is -2.38. The van der Waals surface area contributed by atoms with Gasteiger partial charge >= 0.3 is 5.97 Å². The van der Waals surface area contributed by atoms with Crippen molar-refractivity contribution in [3.8, 4) is 5.75 Å². The summed E-state index contributed by atoms with van der Waals surface area (Å²) in [5.41, 5.74) is 1.16. The zero-order valence-electron chi connectivity index (χ0n) is 13.0. The molecule has 1 aromatic carbocycles. The fourth-order valence-electron chi connectivity index (χ4n) is 2.59. The average Bonchev–Trinajstić information content (AvgIpc) is 2.54. The Hall–Kier alpha value is -1.75. The van der Waals surface area contributed by atoms with Crippen LogP contribution in [0.15, 0.2) is 24.3 Å². The minimum Gasteiger partial charge on any atom is -0.497 e. The summed E-state index contributed by atoms with van der Waals surface area (Å²) in [6.07, 6.45) is 0. The molecule has 5 heteroatoms. The molecule has 116 valence electrons. The molecule has 1 saturated heterocycles. The van der Waals surface area contributed by atoms with Crippen LogP contribution < -0.4 is 9.64 Å². The van der Waals surface area contributed by atoms with Crippen molar-refractivity contribution in [2.75, 3.05) is 44.8 Å². The third-order valence-electron chi connectivity index (χ3n) is 3.91. The molecule has 1 heterocycles. The van der Waals surface area contributed by atoms with Gasteiger partial charge in [-0.05, 0) is 26.0 Å². The number of esters is 1. The van der Waals surface area contributed by atoms with Crippen molar-refractivity contribution >= 4 is 11.7 Å². The van der Waals surface area contributed by atoms with E-state index in [1.54, 1.807) is 7.11 Å². The summed E-state index contributed by atoms with van der Waals surface area (Å²) in [6, 6.07) is 7.92. The number of piperazine rings is 1. The van der Waals surface area contributed by atoms with Crippen molar-refractivity contribution in [2.45, 2.75) is 19.9 Å². The first kappa shape index (κ1) is 15.6. The number of carbonyl (C=O) groups excluding carboxylic acids is 1. The average molecular weight is 292 g/mol. The SMILES string of the molecule is CCOC(=O)C(C)N1CCN(c2cccc(OC)c2)CC1. The van der Waals surface area contributed by atoms with Crippen LogP contribution in [-0.4, -0.2) is 56.8 Å². The van der Waals surface area contributed by atoms with E-state index in [1.807, 2.05) is 32.0 Å². The normalized spacial score (nSPS) is 17.4. The number of methoxy groups -OCH3 is 1. The molecule has 0 radical (unpaired) electrons. The molecule has 0 aliphatic carbocycles. The third-order valence-corrected chi connectivity index (χ3v) is 3.91. The number of anilines is 1. The molecule has 1 aliphatic heterocycles. The van der Waals surface area contributed by atoms with Gasteiger partial charge in [0.2, 0.25) is 0 Å². The van der Waals surface area contributed by atoms with Crippen LogP contribution in [0.5, 0.6) is 5.75 Å². The highest BCUT2D eigenvalue weighted by atomic mass is 16.5. The Bertz CT molecular complexity index is 470. The van der Waals surface area contributed by atoms with E-state index < -0.39 is 0 Å². The van der Waals surface area contributed by atoms with Gasteiger partial charge in [0.1, 0.15) is 11.8 Å². The monoisotopic (exact) mass is 292 g/mol. The molecular formula is C16H24N2O3. The summed E-state index contributed by atoms with van der Waals surface area (Å²) < 4.78 is 10.4. The van der Waals surface area contributed by atoms with E-state index >= 15 is 0 Å². The second-order valence-electron chi connectivity index (χ2n) is 5.15. The van der Waals surface area contributed by atoms with Crippen molar-refractivity contribution < 1.29 is 14.3 Å². The van der Waals surface area contributed by atoms with Crippen LogP contribution in [-0.2, 0) is 9.53 Å². The highest BCUT2D eigenvalue weighted by molar-refractivity contribution is 5.75. The molecule has 0 spiro atoms. The first-order valence-electron chi connectivity index (χ1n) is 7.45. The van der Waals surface area contributed by atoms with Gasteiger partial charge in [0.15, 0.2) is 0 Å². The van der Waals surface area contributed by atoms with E-state index in [1.165, 1.54) is 0 Å². The summed E-state index contributed by atoms with van der Waals surface area (Å²) in [5, 5.41) is 0. The predicted octanol–water partition coefficient (Wildman–Crippen LogP) is 1.77. The van der Waals surface area contributed by atoms with E-state index in [2.05, 4.69) is 15.9 Å². The van der Waals surface area contributed by atoms with Crippen molar-refractivity contribution in [3.05, 3.63) is 24.3 Å². The zero-order valence-corrected chi connectivity index (χ0v) is 13.0. The predicted molar refractivity (Wildman–Crippen MR) is 82.9 cm³/mol. The van der Waals surface area contributed by atoms with Crippen molar-refractivity contribution in [3.63, 3.8) is 0 Å². The standard InChI is InChI=1S/C16H24N2O3/c1-4-21-16(19)13(2)17-8-10-18(11-9-17)14-6-5-7-15(12-14)20-3/h5-7,12-13H,4,8-11H2,1-3H3. The largest absolute Gasteiger partial charge is 0.497 e. The van der Waals surface area contributed by atoms with Crippen LogP contribution in [0.1, 0.15) is 13.8 Å². The smallest absolute Gasteiger partial charge is 0.323 e. The maximum Gasteiger partial charge on any atom is 0.323 e. The fourth-order valence-corrected chi connectivity index (χ4v) is 2.59. The molecule has 1 aromatic rings. The van der Waals surface area contributed by atoms with Gasteiger partial charge in [-0.3, -0.25) is 9.69 Å². The highest BCUT2D eigenvalue weighted by Gasteiger charge is 2.26. The molecule has 0 aromatic heterocycles. The lowest BCUT2D eigenvalue weighted by Crippen LogP contribution is -2.52. The summed E-state index contributed by atoms with van der Waals surface area (Å²) >= 11 is 0. The molecule has 5 nitrogen and oxygen atoms in total. The summed E-state index contributed by atoms with van der Waals surface area (Å²) in [7, 11) is 1.68. The summed E-state index contributed by atoms with van der Waals surface area (Å²) in [5.74, 6) is 0.738. The van der Waals surface area contributed by atoms with Gasteiger partial charge in [-0.25, -0.2) is 0 Å². The molecule has 21 heavy (non-hydrogen) atoms. The minimum atomic E-state index is -0.169. The zero-order chi connectivity index (χ0) is 15.2. The van der Waals surface area contributed by atoms with E-state index in [9.17, 15) is 4.79 Å². The second-order valence-corrected chi connectivity index (χ2v) is 5.15. The molecule has 0 amide bonds. The Kier molecular flexibility index (Phi) is 5.44. The molecule has 0 saturated carbocycles. The Labute approximate surface area is 126 Å². The van der Waals surface area contributed by atoms with Crippen LogP contribution in [0.4, 0.5) is 5.69 Å². The number of benzene rings is 1. The van der Waals surface area contributed by atoms with Crippen molar-refractivity contribution in [1.82, 2.24) is 4.90 Å². The van der Waals surface area contributed by atoms with Crippen LogP contribution in [0.3, 0.4) is 0 Å². The van der Waals surface area contributed by atoms with Crippen LogP contribution in [0.25, 0.3) is 0 Å². The lowest BCUT2D eigenvalue weighted by atomic mass is 10.2. The molecule has 0 N–H and O–H groups in total. The van der Waals surface area contributed by atoms with Gasteiger partial charge in [-0.15, -0.1) is 0 Å². The molecule has 1 atom stereocenters. The molecule has 2 rings (SSSR count). The Morgan fingerprint density at radius 2 is 2.00 bits per heavy atom. The lowest BCUT2D eigenvalue weighted by molar-refractivity contribution is -0.149. The number of nitrogens with zero attached hydrogens (tertiary/aromatic N) is 2. The molecule has 1 aliphatic rings. The van der Waals surface area contributed by atoms with E-state index in [-0.39, 0.29) is 12.0 Å². The Balaban J connectivity index is 1.92. The summed E-state index contributed by atoms with van der Waals surface area (Å²) in [4.78, 5) is 16.3. The minimum absolute atomic E-state index is 0.132. The summed E-state index contributed by atoms with van der Waals surface area (Å²) in [6.45, 7) is 7.71.